The molecule has 0 aliphatic carbocycles. The average Bonchev–Trinajstić information content (AvgIpc) is 1.50. The van der Waals surface area contributed by atoms with Crippen molar-refractivity contribution in [2.24, 2.45) is 0 Å². The first-order valence-electron chi connectivity index (χ1n) is 2.00. The molecule has 0 spiro atoms. The quantitative estimate of drug-likeness (QED) is 0.361. The summed E-state index contributed by atoms with van der Waals surface area (Å²) >= 11 is 5.00. The third-order valence-corrected chi connectivity index (χ3v) is 0. The van der Waals surface area contributed by atoms with Gasteiger partial charge in [-0.05, 0) is 0 Å². The van der Waals surface area contributed by atoms with E-state index in [9.17, 15) is 0 Å². The Morgan fingerprint density at radius 1 is 0.500 bits per heavy atom. The van der Waals surface area contributed by atoms with Gasteiger partial charge in [0.15, 0.2) is 0 Å². The Labute approximate surface area is 142 Å². The van der Waals surface area contributed by atoms with Crippen molar-refractivity contribution in [3.8, 4) is 0 Å². The molecule has 8 heavy (non-hydrogen) atoms. The predicted octanol–water partition coefficient (Wildman–Crippen LogP) is -6.24. The van der Waals surface area contributed by atoms with E-state index in [1.54, 1.807) is 0 Å². The number of halogens is 2. The van der Waals surface area contributed by atoms with E-state index < -0.39 is 0 Å². The SMILES string of the molecule is C.C.[F-].[F-].[K][K].[K][K]. The molecule has 0 unspecified atom stereocenters. The van der Waals surface area contributed by atoms with Crippen molar-refractivity contribution in [2.45, 2.75) is 14.9 Å². The second kappa shape index (κ2) is 50.3. The van der Waals surface area contributed by atoms with Gasteiger partial charge in [0.05, 0.1) is 0 Å². The molecule has 0 bridgehead atoms. The van der Waals surface area contributed by atoms with Crippen molar-refractivity contribution in [3.05, 3.63) is 0 Å². The summed E-state index contributed by atoms with van der Waals surface area (Å²) in [5.74, 6) is 0. The molecule has 0 aromatic heterocycles. The van der Waals surface area contributed by atoms with Crippen LogP contribution in [0.5, 0.6) is 0 Å². The van der Waals surface area contributed by atoms with E-state index in [-0.39, 0.29) is 24.3 Å². The Morgan fingerprint density at radius 2 is 0.500 bits per heavy atom. The summed E-state index contributed by atoms with van der Waals surface area (Å²) in [4.78, 5) is 0. The normalized spacial score (nSPS) is 2.00. The van der Waals surface area contributed by atoms with Crippen LogP contribution in [0.3, 0.4) is 0 Å². The molecule has 0 heterocycles. The van der Waals surface area contributed by atoms with Gasteiger partial charge < -0.3 is 9.41 Å². The van der Waals surface area contributed by atoms with Gasteiger partial charge in [-0.15, -0.1) is 0 Å². The summed E-state index contributed by atoms with van der Waals surface area (Å²) in [6.45, 7) is 0. The maximum atomic E-state index is 1.25. The van der Waals surface area contributed by atoms with Crippen LogP contribution in [-0.4, -0.2) is 126 Å². The third kappa shape index (κ3) is 39.3. The van der Waals surface area contributed by atoms with Crippen LogP contribution in [0.25, 0.3) is 0 Å². The molecule has 0 nitrogen and oxygen atoms in total. The van der Waals surface area contributed by atoms with E-state index in [0.29, 0.717) is 0 Å². The van der Waals surface area contributed by atoms with Crippen LogP contribution in [0.15, 0.2) is 0 Å². The van der Waals surface area contributed by atoms with E-state index in [1.165, 1.54) is 126 Å². The van der Waals surface area contributed by atoms with E-state index in [4.69, 9.17) is 0 Å². The second-order valence-electron chi connectivity index (χ2n) is 0. The van der Waals surface area contributed by atoms with Gasteiger partial charge in [-0.25, -0.2) is 0 Å². The van der Waals surface area contributed by atoms with Crippen molar-refractivity contribution in [1.29, 1.82) is 0 Å². The zero-order valence-corrected chi connectivity index (χ0v) is 17.2. The molecule has 0 rings (SSSR count). The zero-order chi connectivity index (χ0) is 4.00. The van der Waals surface area contributed by atoms with E-state index in [2.05, 4.69) is 0 Å². The molecule has 0 N–H and O–H groups in total. The van der Waals surface area contributed by atoms with E-state index >= 15 is 0 Å². The summed E-state index contributed by atoms with van der Waals surface area (Å²) in [5, 5.41) is 0. The molecule has 0 aliphatic rings. The Kier molecular flexibility index (Phi) is 230. The Morgan fingerprint density at radius 3 is 0.500 bits per heavy atom. The summed E-state index contributed by atoms with van der Waals surface area (Å²) in [6.07, 6.45) is 0. The third-order valence-electron chi connectivity index (χ3n) is 0. The van der Waals surface area contributed by atoms with Crippen molar-refractivity contribution in [1.82, 2.24) is 0 Å². The molecule has 0 aromatic rings. The maximum absolute atomic E-state index is 1.25. The van der Waals surface area contributed by atoms with Crippen LogP contribution in [0.2, 0.25) is 0 Å². The van der Waals surface area contributed by atoms with Crippen LogP contribution >= 0.6 is 0 Å². The van der Waals surface area contributed by atoms with Gasteiger partial charge in [0, 0.05) is 0 Å². The molecular weight excluding hydrogens is 218 g/mol. The van der Waals surface area contributed by atoms with Gasteiger partial charge in [0.1, 0.15) is 0 Å². The predicted molar refractivity (Wildman–Crippen MR) is 36.5 cm³/mol. The minimum absolute atomic E-state index is 0. The minimum atomic E-state index is 0. The number of rotatable bonds is 0. The monoisotopic (exact) mass is 226 g/mol. The van der Waals surface area contributed by atoms with Crippen molar-refractivity contribution >= 4 is 126 Å². The summed E-state index contributed by atoms with van der Waals surface area (Å²) in [5.41, 5.74) is 0. The number of hydrogen-bond donors (Lipinski definition) is 0. The molecule has 0 aromatic carbocycles. The van der Waals surface area contributed by atoms with Gasteiger partial charge in [0.2, 0.25) is 0 Å². The molecule has 36 valence electrons. The molecular formula is C2H8F2K4-2. The summed E-state index contributed by atoms with van der Waals surface area (Å²) in [6, 6.07) is 0. The fourth-order valence-electron chi connectivity index (χ4n) is 0. The van der Waals surface area contributed by atoms with Gasteiger partial charge in [-0.2, -0.15) is 0 Å². The topological polar surface area (TPSA) is 0 Å². The van der Waals surface area contributed by atoms with Crippen LogP contribution in [0.1, 0.15) is 14.9 Å². The first-order chi connectivity index (χ1) is 2.00. The Bertz CT molecular complexity index is 12.0. The van der Waals surface area contributed by atoms with Crippen molar-refractivity contribution in [3.63, 3.8) is 0 Å². The molecule has 0 saturated carbocycles. The molecule has 0 radical (unpaired) electrons. The van der Waals surface area contributed by atoms with Crippen LogP contribution in [0.4, 0.5) is 0 Å². The van der Waals surface area contributed by atoms with Crippen molar-refractivity contribution < 1.29 is 9.41 Å². The summed E-state index contributed by atoms with van der Waals surface area (Å²) in [7, 11) is 0. The van der Waals surface area contributed by atoms with Crippen LogP contribution in [-0.2, 0) is 0 Å². The Balaban J connectivity index is -0.00000000167. The first kappa shape index (κ1) is 36.6. The van der Waals surface area contributed by atoms with E-state index in [0.717, 1.165) is 0 Å². The molecule has 6 heteroatoms. The molecule has 0 fully saturated rings. The summed E-state index contributed by atoms with van der Waals surface area (Å²) < 4.78 is 0. The standard InChI is InChI=1S/2CH4.2FH.4K/h2*1H4;2*1H;;;;/p-2. The number of hydrogen-bond acceptors (Lipinski definition) is 0. The molecule has 0 aliphatic heterocycles. The van der Waals surface area contributed by atoms with Gasteiger partial charge in [-0.1, -0.05) is 14.9 Å². The average molecular weight is 226 g/mol. The van der Waals surface area contributed by atoms with Crippen molar-refractivity contribution in [2.75, 3.05) is 0 Å². The Hall–Kier alpha value is 6.41. The molecule has 0 atom stereocenters. The van der Waals surface area contributed by atoms with Gasteiger partial charge in [-0.3, -0.25) is 0 Å². The second-order valence-corrected chi connectivity index (χ2v) is 0. The van der Waals surface area contributed by atoms with Gasteiger partial charge in [0.25, 0.3) is 0 Å². The fourth-order valence-corrected chi connectivity index (χ4v) is 0. The first-order valence-corrected chi connectivity index (χ1v) is 34.0. The molecule has 0 saturated heterocycles. The zero-order valence-electron chi connectivity index (χ0n) is 4.76. The fraction of sp³-hybridized carbons (Fsp3) is 1.00. The van der Waals surface area contributed by atoms with E-state index in [1.807, 2.05) is 0 Å². The van der Waals surface area contributed by atoms with Crippen LogP contribution < -0.4 is 9.41 Å². The molecule has 0 amide bonds. The van der Waals surface area contributed by atoms with Crippen LogP contribution in [0, 0.1) is 0 Å². The van der Waals surface area contributed by atoms with Gasteiger partial charge >= 0.3 is 126 Å².